The van der Waals surface area contributed by atoms with Gasteiger partial charge in [-0.3, -0.25) is 4.79 Å². The van der Waals surface area contributed by atoms with E-state index < -0.39 is 0 Å². The lowest BCUT2D eigenvalue weighted by molar-refractivity contribution is 0.0946. The lowest BCUT2D eigenvalue weighted by Crippen LogP contribution is -2.23. The van der Waals surface area contributed by atoms with Crippen LogP contribution in [-0.4, -0.2) is 15.9 Å². The van der Waals surface area contributed by atoms with Crippen molar-refractivity contribution in [3.63, 3.8) is 0 Å². The van der Waals surface area contributed by atoms with E-state index in [0.29, 0.717) is 12.2 Å². The number of nitrogens with zero attached hydrogens (tertiary/aromatic N) is 2. The molecule has 5 heteroatoms. The summed E-state index contributed by atoms with van der Waals surface area (Å²) in [4.78, 5) is 21.1. The summed E-state index contributed by atoms with van der Waals surface area (Å²) in [5, 5.41) is 3.83. The van der Waals surface area contributed by atoms with Gasteiger partial charge in [-0.1, -0.05) is 6.07 Å². The molecule has 2 aromatic rings. The number of rotatable bonds is 3. The second kappa shape index (κ2) is 5.05. The van der Waals surface area contributed by atoms with Gasteiger partial charge < -0.3 is 5.32 Å². The van der Waals surface area contributed by atoms with Gasteiger partial charge in [-0.25, -0.2) is 9.97 Å². The van der Waals surface area contributed by atoms with Crippen molar-refractivity contribution < 1.29 is 4.79 Å². The van der Waals surface area contributed by atoms with Crippen LogP contribution in [0.3, 0.4) is 0 Å². The molecule has 17 heavy (non-hydrogen) atoms. The largest absolute Gasteiger partial charge is 0.346 e. The molecule has 0 bridgehead atoms. The van der Waals surface area contributed by atoms with Crippen molar-refractivity contribution >= 4 is 17.2 Å². The Bertz CT molecular complexity index is 536. The van der Waals surface area contributed by atoms with E-state index in [0.717, 1.165) is 15.6 Å². The quantitative estimate of drug-likeness (QED) is 0.903. The van der Waals surface area contributed by atoms with Crippen molar-refractivity contribution in [3.05, 3.63) is 45.7 Å². The van der Waals surface area contributed by atoms with Crippen LogP contribution in [0.25, 0.3) is 0 Å². The van der Waals surface area contributed by atoms with Crippen molar-refractivity contribution in [1.82, 2.24) is 15.3 Å². The van der Waals surface area contributed by atoms with Crippen molar-refractivity contribution in [3.8, 4) is 0 Å². The van der Waals surface area contributed by atoms with Gasteiger partial charge in [0.05, 0.1) is 11.6 Å². The van der Waals surface area contributed by atoms with E-state index in [4.69, 9.17) is 0 Å². The summed E-state index contributed by atoms with van der Waals surface area (Å²) >= 11 is 1.58. The van der Waals surface area contributed by atoms with Gasteiger partial charge in [-0.2, -0.15) is 0 Å². The first kappa shape index (κ1) is 11.7. The first-order chi connectivity index (χ1) is 8.15. The lowest BCUT2D eigenvalue weighted by Gasteiger charge is -2.03. The number of pyridine rings is 1. The summed E-state index contributed by atoms with van der Waals surface area (Å²) in [6, 6.07) is 5.40. The van der Waals surface area contributed by atoms with Crippen molar-refractivity contribution in [1.29, 1.82) is 0 Å². The molecule has 0 fully saturated rings. The van der Waals surface area contributed by atoms with Crippen LogP contribution in [0, 0.1) is 13.8 Å². The van der Waals surface area contributed by atoms with E-state index in [1.54, 1.807) is 23.6 Å². The van der Waals surface area contributed by atoms with Crippen LogP contribution in [-0.2, 0) is 6.54 Å². The van der Waals surface area contributed by atoms with Crippen LogP contribution in [0.2, 0.25) is 0 Å². The zero-order valence-electron chi connectivity index (χ0n) is 9.73. The Kier molecular flexibility index (Phi) is 3.49. The van der Waals surface area contributed by atoms with Gasteiger partial charge in [0.2, 0.25) is 0 Å². The lowest BCUT2D eigenvalue weighted by atomic mass is 10.3. The summed E-state index contributed by atoms with van der Waals surface area (Å²) in [7, 11) is 0. The minimum absolute atomic E-state index is 0.153. The van der Waals surface area contributed by atoms with E-state index >= 15 is 0 Å². The van der Waals surface area contributed by atoms with Crippen molar-refractivity contribution in [2.75, 3.05) is 0 Å². The molecule has 0 spiro atoms. The number of amides is 1. The predicted octanol–water partition coefficient (Wildman–Crippen LogP) is 2.08. The van der Waals surface area contributed by atoms with Crippen LogP contribution >= 0.6 is 11.3 Å². The number of aryl methyl sites for hydroxylation is 2. The first-order valence-electron chi connectivity index (χ1n) is 5.28. The Labute approximate surface area is 104 Å². The molecular formula is C12H13N3OS. The summed E-state index contributed by atoms with van der Waals surface area (Å²) < 4.78 is 0. The number of thiazole rings is 1. The number of aromatic nitrogens is 2. The van der Waals surface area contributed by atoms with Gasteiger partial charge in [0.1, 0.15) is 5.69 Å². The van der Waals surface area contributed by atoms with Crippen molar-refractivity contribution in [2.24, 2.45) is 0 Å². The van der Waals surface area contributed by atoms with Gasteiger partial charge in [-0.05, 0) is 26.0 Å². The monoisotopic (exact) mass is 247 g/mol. The minimum Gasteiger partial charge on any atom is -0.346 e. The highest BCUT2D eigenvalue weighted by Crippen LogP contribution is 2.10. The molecule has 2 aromatic heterocycles. The second-order valence-electron chi connectivity index (χ2n) is 3.69. The molecule has 0 saturated carbocycles. The molecule has 1 N–H and O–H groups in total. The average Bonchev–Trinajstić information content (AvgIpc) is 2.72. The molecule has 0 aliphatic carbocycles. The third-order valence-electron chi connectivity index (χ3n) is 2.21. The van der Waals surface area contributed by atoms with Crippen LogP contribution in [0.15, 0.2) is 24.4 Å². The van der Waals surface area contributed by atoms with Gasteiger partial charge in [0, 0.05) is 16.8 Å². The number of nitrogens with one attached hydrogen (secondary N) is 1. The van der Waals surface area contributed by atoms with E-state index in [9.17, 15) is 4.79 Å². The minimum atomic E-state index is -0.153. The standard InChI is InChI=1S/C12H13N3OS/c1-8-4-3-5-11(15-8)12(16)14-7-10-6-13-9(2)17-10/h3-6H,7H2,1-2H3,(H,14,16). The highest BCUT2D eigenvalue weighted by molar-refractivity contribution is 7.11. The molecule has 0 aliphatic heterocycles. The van der Waals surface area contributed by atoms with Crippen LogP contribution in [0.1, 0.15) is 26.1 Å². The van der Waals surface area contributed by atoms with E-state index in [1.807, 2.05) is 26.0 Å². The summed E-state index contributed by atoms with van der Waals surface area (Å²) in [6.45, 7) is 4.31. The Morgan fingerprint density at radius 1 is 1.41 bits per heavy atom. The fourth-order valence-electron chi connectivity index (χ4n) is 1.41. The smallest absolute Gasteiger partial charge is 0.270 e. The normalized spacial score (nSPS) is 10.2. The fraction of sp³-hybridized carbons (Fsp3) is 0.250. The molecule has 0 aliphatic rings. The van der Waals surface area contributed by atoms with Crippen LogP contribution in [0.4, 0.5) is 0 Å². The number of hydrogen-bond donors (Lipinski definition) is 1. The molecule has 0 unspecified atom stereocenters. The SMILES string of the molecule is Cc1cccc(C(=O)NCc2cnc(C)s2)n1. The zero-order chi connectivity index (χ0) is 12.3. The van der Waals surface area contributed by atoms with Gasteiger partial charge in [0.25, 0.3) is 5.91 Å². The maximum Gasteiger partial charge on any atom is 0.270 e. The molecule has 0 radical (unpaired) electrons. The van der Waals surface area contributed by atoms with E-state index in [2.05, 4.69) is 15.3 Å². The molecule has 4 nitrogen and oxygen atoms in total. The Morgan fingerprint density at radius 3 is 2.88 bits per heavy atom. The van der Waals surface area contributed by atoms with Gasteiger partial charge >= 0.3 is 0 Å². The molecule has 88 valence electrons. The molecule has 0 saturated heterocycles. The van der Waals surface area contributed by atoms with E-state index in [-0.39, 0.29) is 5.91 Å². The molecule has 2 heterocycles. The molecule has 0 atom stereocenters. The Balaban J connectivity index is 1.98. The van der Waals surface area contributed by atoms with Crippen LogP contribution in [0.5, 0.6) is 0 Å². The Hall–Kier alpha value is -1.75. The maximum absolute atomic E-state index is 11.8. The topological polar surface area (TPSA) is 54.9 Å². The molecule has 2 rings (SSSR count). The van der Waals surface area contributed by atoms with Gasteiger partial charge in [-0.15, -0.1) is 11.3 Å². The van der Waals surface area contributed by atoms with Crippen LogP contribution < -0.4 is 5.32 Å². The zero-order valence-corrected chi connectivity index (χ0v) is 10.5. The summed E-state index contributed by atoms with van der Waals surface area (Å²) in [6.07, 6.45) is 1.78. The highest BCUT2D eigenvalue weighted by Gasteiger charge is 2.07. The number of hydrogen-bond acceptors (Lipinski definition) is 4. The van der Waals surface area contributed by atoms with Crippen molar-refractivity contribution in [2.45, 2.75) is 20.4 Å². The molecule has 1 amide bonds. The Morgan fingerprint density at radius 2 is 2.24 bits per heavy atom. The predicted molar refractivity (Wildman–Crippen MR) is 67.0 cm³/mol. The second-order valence-corrected chi connectivity index (χ2v) is 5.01. The molecule has 0 aromatic carbocycles. The summed E-state index contributed by atoms with van der Waals surface area (Å²) in [5.74, 6) is -0.153. The summed E-state index contributed by atoms with van der Waals surface area (Å²) in [5.41, 5.74) is 1.29. The maximum atomic E-state index is 11.8. The fourth-order valence-corrected chi connectivity index (χ4v) is 2.15. The first-order valence-corrected chi connectivity index (χ1v) is 6.10. The van der Waals surface area contributed by atoms with E-state index in [1.165, 1.54) is 0 Å². The molecular weight excluding hydrogens is 234 g/mol. The third-order valence-corrected chi connectivity index (χ3v) is 3.13. The number of carbonyl (C=O) groups is 1. The third kappa shape index (κ3) is 3.10. The number of carbonyl (C=O) groups excluding carboxylic acids is 1. The average molecular weight is 247 g/mol. The van der Waals surface area contributed by atoms with Gasteiger partial charge in [0.15, 0.2) is 0 Å². The highest BCUT2D eigenvalue weighted by atomic mass is 32.1.